The van der Waals surface area contributed by atoms with Crippen LogP contribution in [0.5, 0.6) is 5.75 Å². The highest BCUT2D eigenvalue weighted by atomic mass is 16.5. The van der Waals surface area contributed by atoms with E-state index >= 15 is 0 Å². The average Bonchev–Trinajstić information content (AvgIpc) is 2.69. The molecule has 1 aliphatic rings. The zero-order valence-electron chi connectivity index (χ0n) is 15.1. The van der Waals surface area contributed by atoms with Crippen LogP contribution in [0.25, 0.3) is 0 Å². The summed E-state index contributed by atoms with van der Waals surface area (Å²) in [5.41, 5.74) is 3.55. The molecule has 0 atom stereocenters. The molecule has 0 radical (unpaired) electrons. The van der Waals surface area contributed by atoms with Crippen molar-refractivity contribution in [2.75, 3.05) is 24.3 Å². The minimum Gasteiger partial charge on any atom is -0.497 e. The molecule has 0 saturated carbocycles. The molecule has 1 aliphatic carbocycles. The number of carbonyl (C=O) groups is 1. The second-order valence-electron chi connectivity index (χ2n) is 6.40. The van der Waals surface area contributed by atoms with E-state index in [0.717, 1.165) is 24.4 Å². The van der Waals surface area contributed by atoms with Crippen molar-refractivity contribution < 1.29 is 9.53 Å². The first kappa shape index (κ1) is 18.0. The Kier molecular flexibility index (Phi) is 6.25. The number of anilines is 2. The molecule has 1 amide bonds. The monoisotopic (exact) mass is 351 g/mol. The van der Waals surface area contributed by atoms with Gasteiger partial charge in [-0.3, -0.25) is 9.78 Å². The van der Waals surface area contributed by atoms with E-state index in [4.69, 9.17) is 4.74 Å². The van der Waals surface area contributed by atoms with Crippen molar-refractivity contribution >= 4 is 17.3 Å². The summed E-state index contributed by atoms with van der Waals surface area (Å²) in [5.74, 6) is 0.522. The molecule has 1 aromatic heterocycles. The van der Waals surface area contributed by atoms with Gasteiger partial charge in [0.25, 0.3) is 5.91 Å². The van der Waals surface area contributed by atoms with E-state index in [0.29, 0.717) is 11.4 Å². The number of benzene rings is 1. The molecule has 26 heavy (non-hydrogen) atoms. The largest absolute Gasteiger partial charge is 0.497 e. The van der Waals surface area contributed by atoms with Gasteiger partial charge < -0.3 is 15.4 Å². The Balaban J connectivity index is 1.55. The molecule has 0 saturated heterocycles. The molecular formula is C21H25N3O2. The van der Waals surface area contributed by atoms with E-state index in [1.165, 1.54) is 31.3 Å². The molecule has 2 aromatic rings. The summed E-state index contributed by atoms with van der Waals surface area (Å²) in [6.45, 7) is 0.870. The van der Waals surface area contributed by atoms with Crippen LogP contribution in [0.1, 0.15) is 42.6 Å². The number of methoxy groups -OCH3 is 1. The summed E-state index contributed by atoms with van der Waals surface area (Å²) in [5, 5.41) is 6.24. The lowest BCUT2D eigenvalue weighted by atomic mass is 9.97. The molecule has 5 heteroatoms. The number of aromatic nitrogens is 1. The molecule has 3 rings (SSSR count). The SMILES string of the molecule is COc1ccc(NC(=O)c2cc(NCCC3=CCCCC3)ccn2)cc1. The summed E-state index contributed by atoms with van der Waals surface area (Å²) < 4.78 is 5.12. The van der Waals surface area contributed by atoms with Crippen molar-refractivity contribution in [3.8, 4) is 5.75 Å². The lowest BCUT2D eigenvalue weighted by Gasteiger charge is -2.13. The fourth-order valence-corrected chi connectivity index (χ4v) is 3.03. The smallest absolute Gasteiger partial charge is 0.274 e. The standard InChI is InChI=1S/C21H25N3O2/c1-26-19-9-7-17(8-10-19)24-21(25)20-15-18(12-14-23-20)22-13-11-16-5-3-2-4-6-16/h5,7-10,12,14-15H,2-4,6,11,13H2,1H3,(H,22,23)(H,24,25). The Morgan fingerprint density at radius 2 is 2.00 bits per heavy atom. The second-order valence-corrected chi connectivity index (χ2v) is 6.40. The van der Waals surface area contributed by atoms with Crippen molar-refractivity contribution in [2.24, 2.45) is 0 Å². The van der Waals surface area contributed by atoms with Gasteiger partial charge >= 0.3 is 0 Å². The van der Waals surface area contributed by atoms with Crippen LogP contribution >= 0.6 is 0 Å². The van der Waals surface area contributed by atoms with Crippen LogP contribution in [0.4, 0.5) is 11.4 Å². The summed E-state index contributed by atoms with van der Waals surface area (Å²) in [7, 11) is 1.61. The van der Waals surface area contributed by atoms with E-state index in [2.05, 4.69) is 21.7 Å². The third-order valence-electron chi connectivity index (χ3n) is 4.50. The maximum atomic E-state index is 12.4. The fraction of sp³-hybridized carbons (Fsp3) is 0.333. The molecule has 1 aromatic carbocycles. The summed E-state index contributed by atoms with van der Waals surface area (Å²) >= 11 is 0. The highest BCUT2D eigenvalue weighted by Gasteiger charge is 2.09. The Morgan fingerprint density at radius 3 is 2.73 bits per heavy atom. The zero-order chi connectivity index (χ0) is 18.2. The van der Waals surface area contributed by atoms with Crippen LogP contribution < -0.4 is 15.4 Å². The first-order chi connectivity index (χ1) is 12.7. The second kappa shape index (κ2) is 9.04. The number of allylic oxidation sites excluding steroid dienone is 1. The molecule has 0 unspecified atom stereocenters. The number of hydrogen-bond acceptors (Lipinski definition) is 4. The van der Waals surface area contributed by atoms with Crippen molar-refractivity contribution in [1.82, 2.24) is 4.98 Å². The molecule has 0 aliphatic heterocycles. The van der Waals surface area contributed by atoms with Gasteiger partial charge in [0.1, 0.15) is 11.4 Å². The van der Waals surface area contributed by atoms with Gasteiger partial charge in [0.15, 0.2) is 0 Å². The van der Waals surface area contributed by atoms with Gasteiger partial charge in [-0.1, -0.05) is 11.6 Å². The lowest BCUT2D eigenvalue weighted by molar-refractivity contribution is 0.102. The predicted molar refractivity (Wildman–Crippen MR) is 105 cm³/mol. The van der Waals surface area contributed by atoms with E-state index in [9.17, 15) is 4.79 Å². The van der Waals surface area contributed by atoms with Crippen LogP contribution in [0.15, 0.2) is 54.2 Å². The van der Waals surface area contributed by atoms with Crippen LogP contribution in [-0.2, 0) is 0 Å². The maximum Gasteiger partial charge on any atom is 0.274 e. The Hall–Kier alpha value is -2.82. The van der Waals surface area contributed by atoms with Gasteiger partial charge in [-0.15, -0.1) is 0 Å². The van der Waals surface area contributed by atoms with Gasteiger partial charge in [-0.25, -0.2) is 0 Å². The molecule has 1 heterocycles. The van der Waals surface area contributed by atoms with E-state index in [-0.39, 0.29) is 5.91 Å². The minimum atomic E-state index is -0.228. The summed E-state index contributed by atoms with van der Waals surface area (Å²) in [6, 6.07) is 10.9. The first-order valence-corrected chi connectivity index (χ1v) is 9.08. The van der Waals surface area contributed by atoms with Crippen molar-refractivity contribution in [2.45, 2.75) is 32.1 Å². The number of pyridine rings is 1. The fourth-order valence-electron chi connectivity index (χ4n) is 3.03. The Morgan fingerprint density at radius 1 is 1.15 bits per heavy atom. The number of rotatable bonds is 7. The average molecular weight is 351 g/mol. The van der Waals surface area contributed by atoms with E-state index in [1.807, 2.05) is 6.07 Å². The van der Waals surface area contributed by atoms with Crippen LogP contribution in [0, 0.1) is 0 Å². The normalized spacial score (nSPS) is 13.7. The lowest BCUT2D eigenvalue weighted by Crippen LogP contribution is -2.14. The Bertz CT molecular complexity index is 769. The van der Waals surface area contributed by atoms with Crippen LogP contribution in [0.2, 0.25) is 0 Å². The van der Waals surface area contributed by atoms with Gasteiger partial charge in [0.05, 0.1) is 7.11 Å². The topological polar surface area (TPSA) is 63.2 Å². The van der Waals surface area contributed by atoms with Crippen molar-refractivity contribution in [3.05, 3.63) is 59.9 Å². The number of amides is 1. The van der Waals surface area contributed by atoms with Crippen molar-refractivity contribution in [1.29, 1.82) is 0 Å². The van der Waals surface area contributed by atoms with Crippen molar-refractivity contribution in [3.63, 3.8) is 0 Å². The molecule has 5 nitrogen and oxygen atoms in total. The molecule has 0 spiro atoms. The quantitative estimate of drug-likeness (QED) is 0.713. The van der Waals surface area contributed by atoms with Gasteiger partial charge in [-0.05, 0) is 68.5 Å². The zero-order valence-corrected chi connectivity index (χ0v) is 15.1. The molecule has 136 valence electrons. The number of nitrogens with zero attached hydrogens (tertiary/aromatic N) is 1. The third-order valence-corrected chi connectivity index (χ3v) is 4.50. The highest BCUT2D eigenvalue weighted by molar-refractivity contribution is 6.03. The molecule has 0 fully saturated rings. The van der Waals surface area contributed by atoms with E-state index < -0.39 is 0 Å². The number of hydrogen-bond donors (Lipinski definition) is 2. The van der Waals surface area contributed by atoms with Crippen LogP contribution in [-0.4, -0.2) is 24.5 Å². The summed E-state index contributed by atoms with van der Waals surface area (Å²) in [6.07, 6.45) is 10.1. The van der Waals surface area contributed by atoms with Gasteiger partial charge in [-0.2, -0.15) is 0 Å². The molecular weight excluding hydrogens is 326 g/mol. The van der Waals surface area contributed by atoms with E-state index in [1.54, 1.807) is 43.6 Å². The van der Waals surface area contributed by atoms with Gasteiger partial charge in [0, 0.05) is 24.1 Å². The third kappa shape index (κ3) is 5.09. The number of nitrogens with one attached hydrogen (secondary N) is 2. The van der Waals surface area contributed by atoms with Crippen LogP contribution in [0.3, 0.4) is 0 Å². The number of carbonyl (C=O) groups excluding carboxylic acids is 1. The maximum absolute atomic E-state index is 12.4. The highest BCUT2D eigenvalue weighted by Crippen LogP contribution is 2.20. The summed E-state index contributed by atoms with van der Waals surface area (Å²) in [4.78, 5) is 16.6. The predicted octanol–water partition coefficient (Wildman–Crippen LogP) is 4.64. The molecule has 2 N–H and O–H groups in total. The molecule has 0 bridgehead atoms. The van der Waals surface area contributed by atoms with Gasteiger partial charge in [0.2, 0.25) is 0 Å². The first-order valence-electron chi connectivity index (χ1n) is 9.08. The minimum absolute atomic E-state index is 0.228. The Labute approximate surface area is 154 Å². The number of ether oxygens (including phenoxy) is 1.